The summed E-state index contributed by atoms with van der Waals surface area (Å²) >= 11 is 3.29. The Morgan fingerprint density at radius 2 is 1.79 bits per heavy atom. The van der Waals surface area contributed by atoms with Crippen LogP contribution in [0.5, 0.6) is 5.75 Å². The van der Waals surface area contributed by atoms with Crippen molar-refractivity contribution < 1.29 is 17.9 Å². The monoisotopic (exact) mass is 452 g/mol. The lowest BCUT2D eigenvalue weighted by Crippen LogP contribution is -2.12. The standard InChI is InChI=1S/C19H16BrF3N4O/c1-2-28-15-8-6-13(7-9-15)26-18-24-11-16(19(21,22)23)17(27-18)25-14-5-3-4-12(20)10-14/h3-11H,2H2,1H3,(H2,24,25,26,27). The lowest BCUT2D eigenvalue weighted by Gasteiger charge is -2.15. The first-order valence-electron chi connectivity index (χ1n) is 8.32. The summed E-state index contributed by atoms with van der Waals surface area (Å²) in [6, 6.07) is 13.7. The quantitative estimate of drug-likeness (QED) is 0.470. The van der Waals surface area contributed by atoms with Gasteiger partial charge in [-0.1, -0.05) is 22.0 Å². The highest BCUT2D eigenvalue weighted by Crippen LogP contribution is 2.35. The number of halogens is 4. The molecule has 1 heterocycles. The fraction of sp³-hybridized carbons (Fsp3) is 0.158. The van der Waals surface area contributed by atoms with Gasteiger partial charge in [0.05, 0.1) is 6.61 Å². The number of hydrogen-bond donors (Lipinski definition) is 2. The molecule has 0 fully saturated rings. The Kier molecular flexibility index (Phi) is 6.03. The molecule has 0 atom stereocenters. The number of benzene rings is 2. The van der Waals surface area contributed by atoms with E-state index in [0.717, 1.165) is 10.7 Å². The topological polar surface area (TPSA) is 59.1 Å². The van der Waals surface area contributed by atoms with Crippen molar-refractivity contribution in [1.82, 2.24) is 9.97 Å². The van der Waals surface area contributed by atoms with Crippen LogP contribution >= 0.6 is 15.9 Å². The molecular weight excluding hydrogens is 437 g/mol. The van der Waals surface area contributed by atoms with Crippen molar-refractivity contribution in [1.29, 1.82) is 0 Å². The van der Waals surface area contributed by atoms with Crippen LogP contribution in [0.4, 0.5) is 36.3 Å². The number of alkyl halides is 3. The Morgan fingerprint density at radius 3 is 2.43 bits per heavy atom. The fourth-order valence-electron chi connectivity index (χ4n) is 2.38. The number of nitrogens with zero attached hydrogens (tertiary/aromatic N) is 2. The molecule has 3 rings (SSSR count). The molecule has 0 unspecified atom stereocenters. The van der Waals surface area contributed by atoms with Crippen LogP contribution < -0.4 is 15.4 Å². The van der Waals surface area contributed by atoms with E-state index in [4.69, 9.17) is 4.74 Å². The van der Waals surface area contributed by atoms with Crippen LogP contribution in [0.25, 0.3) is 0 Å². The second kappa shape index (κ2) is 8.47. The summed E-state index contributed by atoms with van der Waals surface area (Å²) in [6.07, 6.45) is -3.84. The number of nitrogens with one attached hydrogen (secondary N) is 2. The zero-order valence-corrected chi connectivity index (χ0v) is 16.3. The number of rotatable bonds is 6. The van der Waals surface area contributed by atoms with E-state index in [0.29, 0.717) is 23.7 Å². The van der Waals surface area contributed by atoms with Gasteiger partial charge in [-0.2, -0.15) is 18.2 Å². The predicted molar refractivity (Wildman–Crippen MR) is 105 cm³/mol. The van der Waals surface area contributed by atoms with Crippen molar-refractivity contribution >= 4 is 39.1 Å². The van der Waals surface area contributed by atoms with Gasteiger partial charge in [-0.3, -0.25) is 0 Å². The van der Waals surface area contributed by atoms with Gasteiger partial charge in [0.1, 0.15) is 17.1 Å². The predicted octanol–water partition coefficient (Wildman–Crippen LogP) is 6.14. The highest BCUT2D eigenvalue weighted by molar-refractivity contribution is 9.10. The summed E-state index contributed by atoms with van der Waals surface area (Å²) in [4.78, 5) is 7.81. The lowest BCUT2D eigenvalue weighted by atomic mass is 10.2. The molecule has 0 bridgehead atoms. The van der Waals surface area contributed by atoms with Crippen molar-refractivity contribution in [2.45, 2.75) is 13.1 Å². The van der Waals surface area contributed by atoms with E-state index in [1.165, 1.54) is 0 Å². The van der Waals surface area contributed by atoms with Crippen molar-refractivity contribution in [2.24, 2.45) is 0 Å². The third-order valence-corrected chi connectivity index (χ3v) is 4.10. The molecule has 0 radical (unpaired) electrons. The van der Waals surface area contributed by atoms with E-state index in [1.807, 2.05) is 6.92 Å². The molecule has 9 heteroatoms. The van der Waals surface area contributed by atoms with Gasteiger partial charge in [0.25, 0.3) is 0 Å². The Morgan fingerprint density at radius 1 is 1.04 bits per heavy atom. The lowest BCUT2D eigenvalue weighted by molar-refractivity contribution is -0.137. The van der Waals surface area contributed by atoms with Gasteiger partial charge in [-0.25, -0.2) is 4.98 Å². The van der Waals surface area contributed by atoms with Crippen LogP contribution in [0.15, 0.2) is 59.2 Å². The maximum absolute atomic E-state index is 13.3. The first-order valence-corrected chi connectivity index (χ1v) is 9.11. The van der Waals surface area contributed by atoms with Crippen LogP contribution in [0.3, 0.4) is 0 Å². The minimum atomic E-state index is -4.59. The van der Waals surface area contributed by atoms with Gasteiger partial charge in [0, 0.05) is 22.0 Å². The smallest absolute Gasteiger partial charge is 0.421 e. The first-order chi connectivity index (χ1) is 13.3. The molecule has 5 nitrogen and oxygen atoms in total. The molecule has 0 saturated carbocycles. The summed E-state index contributed by atoms with van der Waals surface area (Å²) in [5.74, 6) is 0.391. The Bertz CT molecular complexity index is 949. The molecule has 1 aromatic heterocycles. The Hall–Kier alpha value is -2.81. The van der Waals surface area contributed by atoms with Gasteiger partial charge in [-0.15, -0.1) is 0 Å². The average molecular weight is 453 g/mol. The van der Waals surface area contributed by atoms with Gasteiger partial charge in [0.15, 0.2) is 0 Å². The normalized spacial score (nSPS) is 11.2. The molecule has 3 aromatic rings. The van der Waals surface area contributed by atoms with E-state index in [2.05, 4.69) is 36.5 Å². The van der Waals surface area contributed by atoms with Crippen LogP contribution in [0, 0.1) is 0 Å². The third-order valence-electron chi connectivity index (χ3n) is 3.60. The molecule has 0 spiro atoms. The third kappa shape index (κ3) is 5.13. The van der Waals surface area contributed by atoms with Crippen LogP contribution in [0.1, 0.15) is 12.5 Å². The summed E-state index contributed by atoms with van der Waals surface area (Å²) in [6.45, 7) is 2.42. The van der Waals surface area contributed by atoms with E-state index >= 15 is 0 Å². The molecule has 0 aliphatic carbocycles. The number of ether oxygens (including phenoxy) is 1. The van der Waals surface area contributed by atoms with Crippen LogP contribution in [-0.4, -0.2) is 16.6 Å². The van der Waals surface area contributed by atoms with Gasteiger partial charge < -0.3 is 15.4 Å². The van der Waals surface area contributed by atoms with Crippen LogP contribution in [-0.2, 0) is 6.18 Å². The molecule has 0 aliphatic heterocycles. The molecule has 146 valence electrons. The largest absolute Gasteiger partial charge is 0.494 e. The van der Waals surface area contributed by atoms with Crippen molar-refractivity contribution in [3.63, 3.8) is 0 Å². The first kappa shape index (κ1) is 19.9. The molecular formula is C19H16BrF3N4O. The highest BCUT2D eigenvalue weighted by Gasteiger charge is 2.35. The molecule has 2 N–H and O–H groups in total. The average Bonchev–Trinajstić information content (AvgIpc) is 2.63. The molecule has 2 aromatic carbocycles. The zero-order chi connectivity index (χ0) is 20.1. The van der Waals surface area contributed by atoms with Gasteiger partial charge in [-0.05, 0) is 49.4 Å². The number of hydrogen-bond acceptors (Lipinski definition) is 5. The van der Waals surface area contributed by atoms with E-state index in [9.17, 15) is 13.2 Å². The fourth-order valence-corrected chi connectivity index (χ4v) is 2.78. The van der Waals surface area contributed by atoms with E-state index in [-0.39, 0.29) is 11.8 Å². The summed E-state index contributed by atoms with van der Waals surface area (Å²) < 4.78 is 46.1. The summed E-state index contributed by atoms with van der Waals surface area (Å²) in [5.41, 5.74) is 0.131. The second-order valence-electron chi connectivity index (χ2n) is 5.67. The summed E-state index contributed by atoms with van der Waals surface area (Å²) in [7, 11) is 0. The minimum Gasteiger partial charge on any atom is -0.494 e. The number of aromatic nitrogens is 2. The molecule has 0 aliphatic rings. The SMILES string of the molecule is CCOc1ccc(Nc2ncc(C(F)(F)F)c(Nc3cccc(Br)c3)n2)cc1. The maximum Gasteiger partial charge on any atom is 0.421 e. The summed E-state index contributed by atoms with van der Waals surface area (Å²) in [5, 5.41) is 5.61. The van der Waals surface area contributed by atoms with E-state index in [1.54, 1.807) is 48.5 Å². The maximum atomic E-state index is 13.3. The highest BCUT2D eigenvalue weighted by atomic mass is 79.9. The van der Waals surface area contributed by atoms with Crippen molar-refractivity contribution in [3.05, 3.63) is 64.8 Å². The molecule has 0 amide bonds. The number of anilines is 4. The van der Waals surface area contributed by atoms with Crippen molar-refractivity contribution in [2.75, 3.05) is 17.2 Å². The zero-order valence-electron chi connectivity index (χ0n) is 14.7. The Labute approximate surface area is 168 Å². The van der Waals surface area contributed by atoms with E-state index < -0.39 is 11.7 Å². The minimum absolute atomic E-state index is 0.0367. The van der Waals surface area contributed by atoms with Gasteiger partial charge in [0.2, 0.25) is 5.95 Å². The van der Waals surface area contributed by atoms with Crippen molar-refractivity contribution in [3.8, 4) is 5.75 Å². The van der Waals surface area contributed by atoms with Crippen LogP contribution in [0.2, 0.25) is 0 Å². The Balaban J connectivity index is 1.88. The van der Waals surface area contributed by atoms with Gasteiger partial charge >= 0.3 is 6.18 Å². The molecule has 0 saturated heterocycles. The molecule has 28 heavy (non-hydrogen) atoms. The second-order valence-corrected chi connectivity index (χ2v) is 6.59.